The predicted octanol–water partition coefficient (Wildman–Crippen LogP) is 3.26. The Balaban J connectivity index is 2.04. The van der Waals surface area contributed by atoms with Crippen LogP contribution in [0.15, 0.2) is 24.7 Å². The molecule has 0 spiro atoms. The Morgan fingerprint density at radius 2 is 2.15 bits per heavy atom. The minimum absolute atomic E-state index is 0.135. The van der Waals surface area contributed by atoms with Crippen molar-refractivity contribution in [1.29, 1.82) is 0 Å². The van der Waals surface area contributed by atoms with E-state index in [4.69, 9.17) is 0 Å². The Labute approximate surface area is 120 Å². The molecule has 1 unspecified atom stereocenters. The van der Waals surface area contributed by atoms with E-state index >= 15 is 0 Å². The van der Waals surface area contributed by atoms with Gasteiger partial charge in [-0.1, -0.05) is 13.8 Å². The van der Waals surface area contributed by atoms with Gasteiger partial charge in [0.1, 0.15) is 0 Å². The first-order valence-corrected chi connectivity index (χ1v) is 7.30. The summed E-state index contributed by atoms with van der Waals surface area (Å²) in [7, 11) is 0. The van der Waals surface area contributed by atoms with Crippen LogP contribution in [0.4, 0.5) is 0 Å². The van der Waals surface area contributed by atoms with E-state index < -0.39 is 0 Å². The van der Waals surface area contributed by atoms with Crippen LogP contribution in [0.1, 0.15) is 57.5 Å². The van der Waals surface area contributed by atoms with Gasteiger partial charge in [0.05, 0.1) is 18.0 Å². The first-order valence-electron chi connectivity index (χ1n) is 7.30. The lowest BCUT2D eigenvalue weighted by molar-refractivity contribution is 0.0987. The fraction of sp³-hybridized carbons (Fsp3) is 0.562. The molecule has 108 valence electrons. The van der Waals surface area contributed by atoms with Crippen LogP contribution in [0.3, 0.4) is 0 Å². The standard InChI is InChI=1S/C16H23N3O/c1-11(2)19-10-12(9-17-19)18-6-5-13-14(18)7-16(3,4)8-15(13)20/h5-6,9-11,15,20H,7-8H2,1-4H3. The zero-order chi connectivity index (χ0) is 14.5. The number of rotatable bonds is 2. The molecule has 1 aliphatic carbocycles. The first-order chi connectivity index (χ1) is 9.37. The van der Waals surface area contributed by atoms with Crippen LogP contribution in [0, 0.1) is 5.41 Å². The molecule has 1 N–H and O–H groups in total. The van der Waals surface area contributed by atoms with Gasteiger partial charge in [-0.25, -0.2) is 0 Å². The third kappa shape index (κ3) is 2.18. The summed E-state index contributed by atoms with van der Waals surface area (Å²) in [6, 6.07) is 2.40. The summed E-state index contributed by atoms with van der Waals surface area (Å²) in [5, 5.41) is 14.7. The largest absolute Gasteiger partial charge is 0.388 e. The summed E-state index contributed by atoms with van der Waals surface area (Å²) in [4.78, 5) is 0. The van der Waals surface area contributed by atoms with Crippen molar-refractivity contribution in [3.05, 3.63) is 35.9 Å². The number of aliphatic hydroxyl groups is 1. The van der Waals surface area contributed by atoms with E-state index in [2.05, 4.69) is 49.8 Å². The minimum atomic E-state index is -0.352. The molecule has 2 heterocycles. The fourth-order valence-corrected chi connectivity index (χ4v) is 3.11. The van der Waals surface area contributed by atoms with Crippen LogP contribution >= 0.6 is 0 Å². The van der Waals surface area contributed by atoms with E-state index in [-0.39, 0.29) is 11.5 Å². The molecule has 4 nitrogen and oxygen atoms in total. The molecule has 3 rings (SSSR count). The van der Waals surface area contributed by atoms with Crippen molar-refractivity contribution in [3.63, 3.8) is 0 Å². The number of aliphatic hydroxyl groups excluding tert-OH is 1. The monoisotopic (exact) mass is 273 g/mol. The normalized spacial score (nSPS) is 21.2. The quantitative estimate of drug-likeness (QED) is 0.912. The zero-order valence-corrected chi connectivity index (χ0v) is 12.7. The van der Waals surface area contributed by atoms with Crippen LogP contribution < -0.4 is 0 Å². The summed E-state index contributed by atoms with van der Waals surface area (Å²) < 4.78 is 4.14. The van der Waals surface area contributed by atoms with Gasteiger partial charge < -0.3 is 9.67 Å². The molecule has 1 atom stereocenters. The number of nitrogens with zero attached hydrogens (tertiary/aromatic N) is 3. The molecule has 0 saturated carbocycles. The molecule has 0 fully saturated rings. The van der Waals surface area contributed by atoms with Gasteiger partial charge >= 0.3 is 0 Å². The van der Waals surface area contributed by atoms with Gasteiger partial charge in [-0.2, -0.15) is 5.10 Å². The van der Waals surface area contributed by atoms with Gasteiger partial charge in [0.25, 0.3) is 0 Å². The summed E-state index contributed by atoms with van der Waals surface area (Å²) in [6.45, 7) is 8.67. The molecular weight excluding hydrogens is 250 g/mol. The highest BCUT2D eigenvalue weighted by molar-refractivity contribution is 5.38. The second kappa shape index (κ2) is 4.48. The topological polar surface area (TPSA) is 43.0 Å². The number of fused-ring (bicyclic) bond motifs is 1. The molecule has 0 amide bonds. The summed E-state index contributed by atoms with van der Waals surface area (Å²) in [5.74, 6) is 0. The van der Waals surface area contributed by atoms with Crippen LogP contribution in [0.5, 0.6) is 0 Å². The highest BCUT2D eigenvalue weighted by Gasteiger charge is 2.33. The Bertz CT molecular complexity index is 621. The third-order valence-corrected chi connectivity index (χ3v) is 4.17. The average molecular weight is 273 g/mol. The van der Waals surface area contributed by atoms with E-state index in [0.717, 1.165) is 24.1 Å². The van der Waals surface area contributed by atoms with E-state index in [0.29, 0.717) is 6.04 Å². The van der Waals surface area contributed by atoms with Crippen molar-refractivity contribution in [2.24, 2.45) is 5.41 Å². The smallest absolute Gasteiger partial charge is 0.0835 e. The molecule has 2 aromatic rings. The van der Waals surface area contributed by atoms with Gasteiger partial charge in [-0.15, -0.1) is 0 Å². The number of hydrogen-bond donors (Lipinski definition) is 1. The summed E-state index contributed by atoms with van der Waals surface area (Å²) in [5.41, 5.74) is 3.50. The van der Waals surface area contributed by atoms with Gasteiger partial charge in [0.15, 0.2) is 0 Å². The number of aromatic nitrogens is 3. The van der Waals surface area contributed by atoms with Crippen molar-refractivity contribution >= 4 is 0 Å². The minimum Gasteiger partial charge on any atom is -0.388 e. The SMILES string of the molecule is CC(C)n1cc(-n2ccc3c2CC(C)(C)CC3O)cn1. The van der Waals surface area contributed by atoms with Crippen LogP contribution in [0.2, 0.25) is 0 Å². The molecule has 0 bridgehead atoms. The molecule has 0 aromatic carbocycles. The van der Waals surface area contributed by atoms with Crippen molar-refractivity contribution < 1.29 is 5.11 Å². The van der Waals surface area contributed by atoms with Crippen LogP contribution in [-0.2, 0) is 6.42 Å². The molecule has 0 radical (unpaired) electrons. The Morgan fingerprint density at radius 1 is 1.40 bits per heavy atom. The Kier molecular flexibility index (Phi) is 3.01. The Hall–Kier alpha value is -1.55. The second-order valence-electron chi connectivity index (χ2n) is 6.92. The van der Waals surface area contributed by atoms with Gasteiger partial charge in [0, 0.05) is 29.7 Å². The molecule has 4 heteroatoms. The Morgan fingerprint density at radius 3 is 2.80 bits per heavy atom. The van der Waals surface area contributed by atoms with Crippen molar-refractivity contribution in [1.82, 2.24) is 14.3 Å². The fourth-order valence-electron chi connectivity index (χ4n) is 3.11. The molecule has 0 saturated heterocycles. The molecular formula is C16H23N3O. The van der Waals surface area contributed by atoms with Gasteiger partial charge in [-0.05, 0) is 38.2 Å². The second-order valence-corrected chi connectivity index (χ2v) is 6.92. The number of hydrogen-bond acceptors (Lipinski definition) is 2. The highest BCUT2D eigenvalue weighted by Crippen LogP contribution is 2.41. The zero-order valence-electron chi connectivity index (χ0n) is 12.7. The van der Waals surface area contributed by atoms with Crippen molar-refractivity contribution in [2.45, 2.75) is 52.7 Å². The van der Waals surface area contributed by atoms with Crippen molar-refractivity contribution in [2.75, 3.05) is 0 Å². The summed E-state index contributed by atoms with van der Waals surface area (Å²) >= 11 is 0. The lowest BCUT2D eigenvalue weighted by Gasteiger charge is -2.33. The maximum atomic E-state index is 10.3. The van der Waals surface area contributed by atoms with E-state index in [9.17, 15) is 5.11 Å². The lowest BCUT2D eigenvalue weighted by atomic mass is 9.75. The van der Waals surface area contributed by atoms with Gasteiger partial charge in [-0.3, -0.25) is 4.68 Å². The summed E-state index contributed by atoms with van der Waals surface area (Å²) in [6.07, 6.45) is 7.48. The highest BCUT2D eigenvalue weighted by atomic mass is 16.3. The predicted molar refractivity (Wildman–Crippen MR) is 79.0 cm³/mol. The molecule has 0 aliphatic heterocycles. The van der Waals surface area contributed by atoms with Crippen LogP contribution in [0.25, 0.3) is 5.69 Å². The van der Waals surface area contributed by atoms with Crippen LogP contribution in [-0.4, -0.2) is 19.5 Å². The van der Waals surface area contributed by atoms with Crippen molar-refractivity contribution in [3.8, 4) is 5.69 Å². The maximum absolute atomic E-state index is 10.3. The van der Waals surface area contributed by atoms with E-state index in [1.165, 1.54) is 5.69 Å². The average Bonchev–Trinajstić information content (AvgIpc) is 2.92. The maximum Gasteiger partial charge on any atom is 0.0835 e. The van der Waals surface area contributed by atoms with E-state index in [1.807, 2.05) is 16.9 Å². The molecule has 2 aromatic heterocycles. The first kappa shape index (κ1) is 13.4. The van der Waals surface area contributed by atoms with E-state index in [1.54, 1.807) is 0 Å². The molecule has 20 heavy (non-hydrogen) atoms. The molecule has 1 aliphatic rings. The van der Waals surface area contributed by atoms with Gasteiger partial charge in [0.2, 0.25) is 0 Å². The lowest BCUT2D eigenvalue weighted by Crippen LogP contribution is -2.26. The third-order valence-electron chi connectivity index (χ3n) is 4.17.